The number of primary amides is 1. The van der Waals surface area contributed by atoms with Crippen molar-refractivity contribution in [1.29, 1.82) is 0 Å². The molecule has 0 aromatic heterocycles. The van der Waals surface area contributed by atoms with Gasteiger partial charge in [-0.1, -0.05) is 36.6 Å². The van der Waals surface area contributed by atoms with E-state index in [1.54, 1.807) is 12.1 Å². The maximum Gasteiger partial charge on any atom is 0.252 e. The molecule has 0 spiro atoms. The molecule has 0 saturated heterocycles. The van der Waals surface area contributed by atoms with E-state index in [2.05, 4.69) is 0 Å². The maximum absolute atomic E-state index is 10.6. The first-order valence-corrected chi connectivity index (χ1v) is 6.43. The van der Waals surface area contributed by atoms with Crippen LogP contribution in [-0.2, 0) is 11.1 Å². The highest BCUT2D eigenvalue weighted by atomic mass is 32.2. The van der Waals surface area contributed by atoms with Crippen LogP contribution < -0.4 is 5.73 Å². The lowest BCUT2D eigenvalue weighted by molar-refractivity contribution is 0.0997. The molecule has 0 bridgehead atoms. The summed E-state index contributed by atoms with van der Waals surface area (Å²) < 4.78 is 18.0. The molecule has 0 aliphatic rings. The quantitative estimate of drug-likeness (QED) is 0.749. The van der Waals surface area contributed by atoms with E-state index >= 15 is 0 Å². The fraction of sp³-hybridized carbons (Fsp3) is 0.364. The standard InChI is InChI=1S/C8H9NO2.C2H6.CH4O2S.H2/c1-5-2-3-7(10)6(4-5)8(9)11;1-2;1-4(2)3;/h2-4,10H,1H3,(H2,9,11);1-2H3;1H3,(H,2,3);1H/p-1. The van der Waals surface area contributed by atoms with E-state index in [0.29, 0.717) is 0 Å². The zero-order chi connectivity index (χ0) is 14.0. The van der Waals surface area contributed by atoms with Gasteiger partial charge in [-0.2, -0.15) is 0 Å². The Balaban J connectivity index is -0.000000277. The van der Waals surface area contributed by atoms with Crippen molar-refractivity contribution in [2.24, 2.45) is 5.73 Å². The highest BCUT2D eigenvalue weighted by molar-refractivity contribution is 7.78. The topological polar surface area (TPSA) is 103 Å². The summed E-state index contributed by atoms with van der Waals surface area (Å²) in [5.74, 6) is -0.672. The van der Waals surface area contributed by atoms with Crippen LogP contribution in [0.3, 0.4) is 0 Å². The Bertz CT molecular complexity index is 381. The molecule has 1 rings (SSSR count). The van der Waals surface area contributed by atoms with Crippen LogP contribution in [0.5, 0.6) is 5.75 Å². The molecule has 0 fully saturated rings. The Kier molecular flexibility index (Phi) is 10.4. The van der Waals surface area contributed by atoms with Gasteiger partial charge in [0.1, 0.15) is 5.75 Å². The largest absolute Gasteiger partial charge is 0.773 e. The van der Waals surface area contributed by atoms with E-state index < -0.39 is 17.0 Å². The van der Waals surface area contributed by atoms with Gasteiger partial charge in [-0.15, -0.1) is 0 Å². The number of hydrogen-bond acceptors (Lipinski definition) is 4. The molecule has 17 heavy (non-hydrogen) atoms. The number of rotatable bonds is 1. The number of carbonyl (C=O) groups excluding carboxylic acids is 1. The number of aromatic hydroxyl groups is 1. The number of nitrogens with two attached hydrogens (primary N) is 1. The van der Waals surface area contributed by atoms with Crippen molar-refractivity contribution in [3.63, 3.8) is 0 Å². The van der Waals surface area contributed by atoms with Gasteiger partial charge in [-0.3, -0.25) is 9.00 Å². The molecule has 0 heterocycles. The summed E-state index contributed by atoms with van der Waals surface area (Å²) in [4.78, 5) is 10.6. The van der Waals surface area contributed by atoms with Crippen LogP contribution in [0.1, 0.15) is 31.2 Å². The highest BCUT2D eigenvalue weighted by Gasteiger charge is 2.05. The molecule has 0 aliphatic heterocycles. The Morgan fingerprint density at radius 3 is 2.18 bits per heavy atom. The van der Waals surface area contributed by atoms with Crippen molar-refractivity contribution in [2.75, 3.05) is 6.26 Å². The van der Waals surface area contributed by atoms with Gasteiger partial charge in [0.2, 0.25) is 0 Å². The zero-order valence-electron chi connectivity index (χ0n) is 10.4. The lowest BCUT2D eigenvalue weighted by atomic mass is 10.1. The lowest BCUT2D eigenvalue weighted by Crippen LogP contribution is -2.11. The fourth-order valence-electron chi connectivity index (χ4n) is 0.847. The SMILES string of the molecule is CC.CS(=O)[O-].Cc1ccc(O)c(C(N)=O)c1.[HH]. The average molecular weight is 262 g/mol. The first kappa shape index (κ1) is 18.0. The van der Waals surface area contributed by atoms with Crippen molar-refractivity contribution < 1.29 is 20.1 Å². The number of benzene rings is 1. The van der Waals surface area contributed by atoms with Gasteiger partial charge in [-0.25, -0.2) is 0 Å². The van der Waals surface area contributed by atoms with Gasteiger partial charge in [0.15, 0.2) is 0 Å². The molecule has 1 atom stereocenters. The Labute approximate surface area is 105 Å². The zero-order valence-corrected chi connectivity index (χ0v) is 11.2. The third-order valence-corrected chi connectivity index (χ3v) is 1.42. The number of hydrogen-bond donors (Lipinski definition) is 2. The first-order valence-electron chi connectivity index (χ1n) is 4.95. The monoisotopic (exact) mass is 262 g/mol. The molecular formula is C11H20NO4S-. The number of amides is 1. The number of carbonyl (C=O) groups is 1. The van der Waals surface area contributed by atoms with Gasteiger partial charge >= 0.3 is 0 Å². The second-order valence-corrected chi connectivity index (χ2v) is 3.59. The molecule has 0 saturated carbocycles. The van der Waals surface area contributed by atoms with E-state index in [4.69, 9.17) is 19.6 Å². The third-order valence-electron chi connectivity index (χ3n) is 1.42. The van der Waals surface area contributed by atoms with Gasteiger partial charge in [-0.05, 0) is 25.3 Å². The lowest BCUT2D eigenvalue weighted by Gasteiger charge is -1.99. The minimum absolute atomic E-state index is 0. The molecule has 5 nitrogen and oxygen atoms in total. The van der Waals surface area contributed by atoms with Crippen LogP contribution in [0.2, 0.25) is 0 Å². The van der Waals surface area contributed by atoms with Crippen molar-refractivity contribution >= 4 is 17.0 Å². The van der Waals surface area contributed by atoms with Crippen LogP contribution in [0.15, 0.2) is 18.2 Å². The molecule has 1 aromatic rings. The van der Waals surface area contributed by atoms with E-state index in [1.807, 2.05) is 20.8 Å². The summed E-state index contributed by atoms with van der Waals surface area (Å²) in [7, 11) is 0. The van der Waals surface area contributed by atoms with Crippen LogP contribution in [-0.4, -0.2) is 26.0 Å². The summed E-state index contributed by atoms with van der Waals surface area (Å²) in [5, 5.41) is 9.10. The smallest absolute Gasteiger partial charge is 0.252 e. The summed E-state index contributed by atoms with van der Waals surface area (Å²) in [6, 6.07) is 4.72. The summed E-state index contributed by atoms with van der Waals surface area (Å²) in [6.07, 6.45) is 1.08. The molecule has 0 aliphatic carbocycles. The summed E-state index contributed by atoms with van der Waals surface area (Å²) in [5.41, 5.74) is 6.06. The molecule has 1 unspecified atom stereocenters. The van der Waals surface area contributed by atoms with E-state index in [1.165, 1.54) is 6.07 Å². The van der Waals surface area contributed by atoms with Crippen molar-refractivity contribution in [1.82, 2.24) is 0 Å². The first-order chi connectivity index (χ1) is 7.84. The molecule has 3 N–H and O–H groups in total. The second-order valence-electron chi connectivity index (χ2n) is 2.79. The van der Waals surface area contributed by atoms with Crippen LogP contribution in [0.4, 0.5) is 0 Å². The van der Waals surface area contributed by atoms with E-state index in [-0.39, 0.29) is 12.7 Å². The van der Waals surface area contributed by atoms with Crippen molar-refractivity contribution in [3.8, 4) is 5.75 Å². The molecule has 6 heteroatoms. The van der Waals surface area contributed by atoms with Crippen molar-refractivity contribution in [3.05, 3.63) is 29.3 Å². The Hall–Kier alpha value is -1.40. The molecular weight excluding hydrogens is 242 g/mol. The molecule has 1 amide bonds. The minimum Gasteiger partial charge on any atom is -0.773 e. The summed E-state index contributed by atoms with van der Waals surface area (Å²) in [6.45, 7) is 5.83. The minimum atomic E-state index is -1.86. The Morgan fingerprint density at radius 2 is 1.88 bits per heavy atom. The van der Waals surface area contributed by atoms with Gasteiger partial charge in [0.25, 0.3) is 5.91 Å². The fourth-order valence-corrected chi connectivity index (χ4v) is 0.847. The predicted octanol–water partition coefficient (Wildman–Crippen LogP) is 1.57. The molecule has 0 radical (unpaired) electrons. The predicted molar refractivity (Wildman–Crippen MR) is 69.7 cm³/mol. The summed E-state index contributed by atoms with van der Waals surface area (Å²) >= 11 is -1.86. The van der Waals surface area contributed by atoms with Crippen LogP contribution in [0, 0.1) is 6.92 Å². The molecule has 100 valence electrons. The normalized spacial score (nSPS) is 10.2. The van der Waals surface area contributed by atoms with Gasteiger partial charge < -0.3 is 15.4 Å². The number of aryl methyl sites for hydroxylation is 1. The third kappa shape index (κ3) is 9.52. The Morgan fingerprint density at radius 1 is 1.47 bits per heavy atom. The van der Waals surface area contributed by atoms with Crippen molar-refractivity contribution in [2.45, 2.75) is 20.8 Å². The maximum atomic E-state index is 10.6. The van der Waals surface area contributed by atoms with Crippen LogP contribution >= 0.6 is 0 Å². The van der Waals surface area contributed by atoms with Gasteiger partial charge in [0, 0.05) is 1.43 Å². The second kappa shape index (κ2) is 9.80. The van der Waals surface area contributed by atoms with E-state index in [0.717, 1.165) is 11.8 Å². The average Bonchev–Trinajstić information content (AvgIpc) is 2.23. The van der Waals surface area contributed by atoms with E-state index in [9.17, 15) is 4.79 Å². The molecule has 1 aromatic carbocycles. The van der Waals surface area contributed by atoms with Gasteiger partial charge in [0.05, 0.1) is 5.56 Å². The van der Waals surface area contributed by atoms with Crippen LogP contribution in [0.25, 0.3) is 0 Å². The number of phenols is 1. The highest BCUT2D eigenvalue weighted by Crippen LogP contribution is 2.16.